The molecule has 0 amide bonds. The van der Waals surface area contributed by atoms with Crippen molar-refractivity contribution >= 4 is 6.08 Å². The van der Waals surface area contributed by atoms with Gasteiger partial charge in [0.25, 0.3) is 0 Å². The van der Waals surface area contributed by atoms with E-state index >= 15 is 0 Å². The predicted molar refractivity (Wildman–Crippen MR) is 91.9 cm³/mol. The van der Waals surface area contributed by atoms with Crippen molar-refractivity contribution in [3.05, 3.63) is 101 Å². The Morgan fingerprint density at radius 3 is 1.76 bits per heavy atom. The fraction of sp³-hybridized carbons (Fsp3) is 0.0909. The van der Waals surface area contributed by atoms with Gasteiger partial charge in [0.2, 0.25) is 0 Å². The van der Waals surface area contributed by atoms with Gasteiger partial charge in [0.1, 0.15) is 0 Å². The zero-order valence-corrected chi connectivity index (χ0v) is 15.1. The minimum Gasteiger partial charge on any atom is -1.00 e. The molecule has 0 aromatic heterocycles. The molecule has 25 heavy (non-hydrogen) atoms. The largest absolute Gasteiger partial charge is 1.00 e. The van der Waals surface area contributed by atoms with Gasteiger partial charge in [-0.05, 0) is 0 Å². The molecular formula is C22H16F2Ti. The normalized spacial score (nSPS) is 16.1. The average Bonchev–Trinajstić information content (AvgIpc) is 3.16. The molecule has 122 valence electrons. The van der Waals surface area contributed by atoms with Gasteiger partial charge in [-0.15, -0.1) is 0 Å². The summed E-state index contributed by atoms with van der Waals surface area (Å²) in [5.41, 5.74) is 8.95. The molecule has 2 aliphatic carbocycles. The molecule has 3 aromatic carbocycles. The van der Waals surface area contributed by atoms with Crippen LogP contribution >= 0.6 is 0 Å². The topological polar surface area (TPSA) is 0 Å². The molecule has 0 N–H and O–H groups in total. The second-order valence-electron chi connectivity index (χ2n) is 6.24. The SMILES string of the molecule is C1=C[CH]([Ti+2][CH]2c3ccccc3-c3ccccc32)c2ccccc21.[F-].[F-]. The molecule has 0 spiro atoms. The number of rotatable bonds is 2. The predicted octanol–water partition coefficient (Wildman–Crippen LogP) is -0.385. The molecule has 3 aromatic rings. The Morgan fingerprint density at radius 2 is 1.12 bits per heavy atom. The maximum Gasteiger partial charge on any atom is -1.00 e. The Balaban J connectivity index is 0.000000911. The molecule has 0 saturated carbocycles. The van der Waals surface area contributed by atoms with Crippen molar-refractivity contribution in [3.63, 3.8) is 0 Å². The van der Waals surface area contributed by atoms with Crippen LogP contribution in [0.5, 0.6) is 0 Å². The first-order valence-corrected chi connectivity index (χ1v) is 9.93. The Morgan fingerprint density at radius 1 is 0.600 bits per heavy atom. The van der Waals surface area contributed by atoms with Gasteiger partial charge in [0.05, 0.1) is 0 Å². The fourth-order valence-corrected chi connectivity index (χ4v) is 6.83. The monoisotopic (exact) mass is 366 g/mol. The summed E-state index contributed by atoms with van der Waals surface area (Å²) < 4.78 is 1.28. The Kier molecular flexibility index (Phi) is 5.03. The molecule has 0 bridgehead atoms. The quantitative estimate of drug-likeness (QED) is 0.543. The van der Waals surface area contributed by atoms with E-state index in [0.717, 1.165) is 0 Å². The summed E-state index contributed by atoms with van der Waals surface area (Å²) in [7, 11) is 0. The first kappa shape index (κ1) is 17.8. The van der Waals surface area contributed by atoms with Crippen LogP contribution in [0.1, 0.15) is 30.7 Å². The van der Waals surface area contributed by atoms with Gasteiger partial charge in [0.15, 0.2) is 0 Å². The van der Waals surface area contributed by atoms with E-state index in [2.05, 4.69) is 84.9 Å². The van der Waals surface area contributed by atoms with Crippen molar-refractivity contribution in [2.45, 2.75) is 8.45 Å². The summed E-state index contributed by atoms with van der Waals surface area (Å²) in [5, 5.41) is 0. The third-order valence-electron chi connectivity index (χ3n) is 4.98. The van der Waals surface area contributed by atoms with E-state index in [0.29, 0.717) is 8.45 Å². The number of allylic oxidation sites excluding steroid dienone is 1. The number of halogens is 2. The molecule has 1 atom stereocenters. The maximum absolute atomic E-state index is 2.44. The molecule has 0 fully saturated rings. The van der Waals surface area contributed by atoms with Crippen molar-refractivity contribution in [2.75, 3.05) is 0 Å². The average molecular weight is 366 g/mol. The maximum atomic E-state index is 2.44. The number of hydrogen-bond acceptors (Lipinski definition) is 0. The van der Waals surface area contributed by atoms with Gasteiger partial charge in [-0.3, -0.25) is 0 Å². The third-order valence-corrected chi connectivity index (χ3v) is 7.82. The third kappa shape index (κ3) is 2.80. The van der Waals surface area contributed by atoms with Gasteiger partial charge >= 0.3 is 146 Å². The molecule has 0 aliphatic heterocycles. The van der Waals surface area contributed by atoms with Gasteiger partial charge in [-0.25, -0.2) is 0 Å². The van der Waals surface area contributed by atoms with E-state index in [1.54, 1.807) is 11.1 Å². The zero-order valence-electron chi connectivity index (χ0n) is 13.5. The second-order valence-corrected chi connectivity index (χ2v) is 8.63. The van der Waals surface area contributed by atoms with Crippen LogP contribution in [0.25, 0.3) is 17.2 Å². The Hall–Kier alpha value is -2.03. The van der Waals surface area contributed by atoms with Gasteiger partial charge in [-0.2, -0.15) is 0 Å². The van der Waals surface area contributed by atoms with Crippen LogP contribution in [0.15, 0.2) is 78.9 Å². The van der Waals surface area contributed by atoms with Gasteiger partial charge in [0, 0.05) is 0 Å². The van der Waals surface area contributed by atoms with Gasteiger partial charge < -0.3 is 9.41 Å². The molecular weight excluding hydrogens is 350 g/mol. The van der Waals surface area contributed by atoms with Crippen LogP contribution in [0.3, 0.4) is 0 Å². The van der Waals surface area contributed by atoms with E-state index in [4.69, 9.17) is 0 Å². The minimum atomic E-state index is -0.198. The molecule has 3 heteroatoms. The molecule has 0 radical (unpaired) electrons. The Labute approximate surface area is 155 Å². The van der Waals surface area contributed by atoms with E-state index in [1.165, 1.54) is 22.3 Å². The van der Waals surface area contributed by atoms with Gasteiger partial charge in [-0.1, -0.05) is 0 Å². The summed E-state index contributed by atoms with van der Waals surface area (Å²) in [4.78, 5) is 0. The molecule has 0 heterocycles. The fourth-order valence-electron chi connectivity index (χ4n) is 3.91. The molecule has 5 rings (SSSR count). The second kappa shape index (κ2) is 7.07. The first-order chi connectivity index (χ1) is 11.4. The summed E-state index contributed by atoms with van der Waals surface area (Å²) in [6.45, 7) is 0. The zero-order chi connectivity index (χ0) is 15.2. The van der Waals surface area contributed by atoms with Crippen LogP contribution in [0.2, 0.25) is 0 Å². The van der Waals surface area contributed by atoms with Crippen LogP contribution in [0, 0.1) is 0 Å². The van der Waals surface area contributed by atoms with Crippen LogP contribution in [-0.2, 0) is 19.2 Å². The van der Waals surface area contributed by atoms with E-state index in [-0.39, 0.29) is 28.6 Å². The molecule has 2 aliphatic rings. The van der Waals surface area contributed by atoms with Crippen molar-refractivity contribution in [2.24, 2.45) is 0 Å². The number of fused-ring (bicyclic) bond motifs is 4. The first-order valence-electron chi connectivity index (χ1n) is 8.13. The van der Waals surface area contributed by atoms with Crippen LogP contribution in [-0.4, -0.2) is 0 Å². The van der Waals surface area contributed by atoms with Crippen molar-refractivity contribution < 1.29 is 28.6 Å². The molecule has 1 unspecified atom stereocenters. The summed E-state index contributed by atoms with van der Waals surface area (Å²) in [6, 6.07) is 26.9. The molecule has 0 saturated heterocycles. The number of benzene rings is 3. The van der Waals surface area contributed by atoms with Crippen molar-refractivity contribution in [1.82, 2.24) is 0 Å². The number of hydrogen-bond donors (Lipinski definition) is 0. The Bertz CT molecular complexity index is 887. The summed E-state index contributed by atoms with van der Waals surface area (Å²) >= 11 is -0.198. The van der Waals surface area contributed by atoms with E-state index in [9.17, 15) is 0 Å². The van der Waals surface area contributed by atoms with Crippen LogP contribution in [0.4, 0.5) is 0 Å². The minimum absolute atomic E-state index is 0. The van der Waals surface area contributed by atoms with Crippen molar-refractivity contribution in [3.8, 4) is 11.1 Å². The summed E-state index contributed by atoms with van der Waals surface area (Å²) in [6.07, 6.45) is 4.75. The van der Waals surface area contributed by atoms with Crippen molar-refractivity contribution in [1.29, 1.82) is 0 Å². The smallest absolute Gasteiger partial charge is 1.00 e. The summed E-state index contributed by atoms with van der Waals surface area (Å²) in [5.74, 6) is 0. The van der Waals surface area contributed by atoms with E-state index in [1.807, 2.05) is 0 Å². The van der Waals surface area contributed by atoms with E-state index < -0.39 is 0 Å². The molecule has 0 nitrogen and oxygen atoms in total. The standard InChI is InChI=1S/C13H9.C9H7.2FH.Ti/c1-3-7-12-10(5-1)9-11-6-2-4-8-13(11)12;1-2-5-9-7-3-6-8(9)4-1;;;/h1-9H;1-7H;2*1H;/q;;;;+2/p-2. The van der Waals surface area contributed by atoms with Crippen LogP contribution < -0.4 is 9.41 Å².